The van der Waals surface area contributed by atoms with Crippen molar-refractivity contribution in [3.63, 3.8) is 0 Å². The summed E-state index contributed by atoms with van der Waals surface area (Å²) < 4.78 is 0. The average molecular weight is 183 g/mol. The molecule has 1 saturated heterocycles. The highest BCUT2D eigenvalue weighted by Crippen LogP contribution is 2.07. The number of likely N-dealkylation sites (N-methyl/N-ethyl adjacent to an activating group) is 1. The van der Waals surface area contributed by atoms with Gasteiger partial charge in [0.25, 0.3) is 0 Å². The average Bonchev–Trinajstić information content (AvgIpc) is 2.29. The van der Waals surface area contributed by atoms with E-state index in [0.717, 1.165) is 26.2 Å². The molecule has 3 heteroatoms. The van der Waals surface area contributed by atoms with Crippen molar-refractivity contribution in [3.8, 4) is 0 Å². The van der Waals surface area contributed by atoms with E-state index >= 15 is 0 Å². The fourth-order valence-electron chi connectivity index (χ4n) is 1.92. The van der Waals surface area contributed by atoms with Crippen LogP contribution in [-0.2, 0) is 0 Å². The molecule has 0 aromatic rings. The molecule has 0 saturated carbocycles. The Kier molecular flexibility index (Phi) is 4.42. The lowest BCUT2D eigenvalue weighted by atomic mass is 10.2. The zero-order valence-electron chi connectivity index (χ0n) is 8.58. The van der Waals surface area contributed by atoms with Crippen molar-refractivity contribution in [2.24, 2.45) is 5.73 Å². The van der Waals surface area contributed by atoms with Crippen LogP contribution in [0, 0.1) is 0 Å². The summed E-state index contributed by atoms with van der Waals surface area (Å²) in [4.78, 5) is 4.79. The van der Waals surface area contributed by atoms with E-state index in [1.807, 2.05) is 6.08 Å². The van der Waals surface area contributed by atoms with Crippen LogP contribution in [0.5, 0.6) is 0 Å². The maximum Gasteiger partial charge on any atom is 0.0348 e. The molecule has 2 N–H and O–H groups in total. The Hall–Kier alpha value is -0.380. The van der Waals surface area contributed by atoms with Crippen molar-refractivity contribution in [3.05, 3.63) is 12.7 Å². The minimum atomic E-state index is 0.505. The Balaban J connectivity index is 2.52. The van der Waals surface area contributed by atoms with Crippen LogP contribution in [0.2, 0.25) is 0 Å². The Morgan fingerprint density at radius 3 is 2.92 bits per heavy atom. The van der Waals surface area contributed by atoms with Gasteiger partial charge >= 0.3 is 0 Å². The van der Waals surface area contributed by atoms with Gasteiger partial charge in [0.2, 0.25) is 0 Å². The second kappa shape index (κ2) is 5.37. The van der Waals surface area contributed by atoms with Crippen LogP contribution in [0.4, 0.5) is 0 Å². The first kappa shape index (κ1) is 10.7. The molecule has 0 aliphatic carbocycles. The molecule has 1 unspecified atom stereocenters. The third-order valence-electron chi connectivity index (χ3n) is 2.66. The molecule has 1 atom stereocenters. The molecule has 0 amide bonds. The lowest BCUT2D eigenvalue weighted by Crippen LogP contribution is -2.45. The van der Waals surface area contributed by atoms with E-state index in [1.54, 1.807) is 0 Å². The Bertz CT molecular complexity index is 158. The minimum absolute atomic E-state index is 0.505. The van der Waals surface area contributed by atoms with Crippen LogP contribution in [-0.4, -0.2) is 55.6 Å². The summed E-state index contributed by atoms with van der Waals surface area (Å²) in [6.07, 6.45) is 3.20. The van der Waals surface area contributed by atoms with E-state index in [-0.39, 0.29) is 0 Å². The molecule has 1 rings (SSSR count). The molecule has 3 nitrogen and oxygen atoms in total. The Morgan fingerprint density at radius 2 is 2.31 bits per heavy atom. The summed E-state index contributed by atoms with van der Waals surface area (Å²) in [7, 11) is 2.17. The van der Waals surface area contributed by atoms with Crippen molar-refractivity contribution >= 4 is 0 Å². The molecular formula is C10H21N3. The van der Waals surface area contributed by atoms with Crippen LogP contribution < -0.4 is 5.73 Å². The van der Waals surface area contributed by atoms with Crippen LogP contribution in [0.3, 0.4) is 0 Å². The molecule has 76 valence electrons. The van der Waals surface area contributed by atoms with Crippen LogP contribution in [0.25, 0.3) is 0 Å². The van der Waals surface area contributed by atoms with E-state index in [0.29, 0.717) is 6.04 Å². The Morgan fingerprint density at radius 1 is 1.54 bits per heavy atom. The van der Waals surface area contributed by atoms with Gasteiger partial charge in [-0.25, -0.2) is 0 Å². The smallest absolute Gasteiger partial charge is 0.0348 e. The largest absolute Gasteiger partial charge is 0.329 e. The quantitative estimate of drug-likeness (QED) is 0.632. The molecule has 0 spiro atoms. The van der Waals surface area contributed by atoms with Crippen LogP contribution in [0.15, 0.2) is 12.7 Å². The number of rotatable bonds is 3. The summed E-state index contributed by atoms with van der Waals surface area (Å²) in [6.45, 7) is 8.92. The van der Waals surface area contributed by atoms with Crippen molar-refractivity contribution in [1.82, 2.24) is 9.80 Å². The number of nitrogens with zero attached hydrogens (tertiary/aromatic N) is 2. The molecule has 13 heavy (non-hydrogen) atoms. The van der Waals surface area contributed by atoms with Gasteiger partial charge < -0.3 is 10.6 Å². The minimum Gasteiger partial charge on any atom is -0.329 e. The van der Waals surface area contributed by atoms with Gasteiger partial charge in [0.05, 0.1) is 0 Å². The first-order valence-electron chi connectivity index (χ1n) is 5.01. The van der Waals surface area contributed by atoms with Crippen LogP contribution >= 0.6 is 0 Å². The highest BCUT2D eigenvalue weighted by atomic mass is 15.2. The number of nitrogens with two attached hydrogens (primary N) is 1. The molecule has 1 heterocycles. The van der Waals surface area contributed by atoms with Crippen molar-refractivity contribution in [2.45, 2.75) is 12.5 Å². The second-order valence-electron chi connectivity index (χ2n) is 3.79. The van der Waals surface area contributed by atoms with Gasteiger partial charge in [-0.15, -0.1) is 6.58 Å². The molecule has 0 bridgehead atoms. The summed E-state index contributed by atoms with van der Waals surface area (Å²) >= 11 is 0. The molecule has 1 fully saturated rings. The van der Waals surface area contributed by atoms with Gasteiger partial charge in [-0.1, -0.05) is 6.08 Å². The van der Waals surface area contributed by atoms with Crippen molar-refractivity contribution in [1.29, 1.82) is 0 Å². The summed E-state index contributed by atoms with van der Waals surface area (Å²) in [6, 6.07) is 0.505. The standard InChI is InChI=1S/C10H21N3/c1-3-5-13-7-4-6-12(2)9-10(13)8-11/h3,10H,1,4-9,11H2,2H3. The number of hydrogen-bond donors (Lipinski definition) is 1. The van der Waals surface area contributed by atoms with Gasteiger partial charge in [-0.2, -0.15) is 0 Å². The summed E-state index contributed by atoms with van der Waals surface area (Å²) in [5.41, 5.74) is 5.75. The summed E-state index contributed by atoms with van der Waals surface area (Å²) in [5.74, 6) is 0. The normalized spacial score (nSPS) is 27.1. The molecule has 0 radical (unpaired) electrons. The van der Waals surface area contributed by atoms with Gasteiger partial charge in [0.1, 0.15) is 0 Å². The fourth-order valence-corrected chi connectivity index (χ4v) is 1.92. The molecule has 0 aromatic carbocycles. The van der Waals surface area contributed by atoms with E-state index in [2.05, 4.69) is 23.4 Å². The van der Waals surface area contributed by atoms with Gasteiger partial charge in [-0.05, 0) is 20.0 Å². The second-order valence-corrected chi connectivity index (χ2v) is 3.79. The van der Waals surface area contributed by atoms with E-state index < -0.39 is 0 Å². The van der Waals surface area contributed by atoms with Crippen molar-refractivity contribution in [2.75, 3.05) is 39.8 Å². The third-order valence-corrected chi connectivity index (χ3v) is 2.66. The van der Waals surface area contributed by atoms with E-state index in [9.17, 15) is 0 Å². The first-order valence-corrected chi connectivity index (χ1v) is 5.01. The summed E-state index contributed by atoms with van der Waals surface area (Å²) in [5, 5.41) is 0. The predicted octanol–water partition coefficient (Wildman–Crippen LogP) is 0.137. The molecule has 1 aliphatic heterocycles. The van der Waals surface area contributed by atoms with Gasteiger partial charge in [0, 0.05) is 32.2 Å². The molecule has 0 aromatic heterocycles. The maximum absolute atomic E-state index is 5.75. The van der Waals surface area contributed by atoms with E-state index in [1.165, 1.54) is 13.0 Å². The van der Waals surface area contributed by atoms with Crippen molar-refractivity contribution < 1.29 is 0 Å². The monoisotopic (exact) mass is 183 g/mol. The highest BCUT2D eigenvalue weighted by Gasteiger charge is 2.20. The third kappa shape index (κ3) is 3.10. The lowest BCUT2D eigenvalue weighted by molar-refractivity contribution is 0.211. The van der Waals surface area contributed by atoms with Gasteiger partial charge in [-0.3, -0.25) is 4.90 Å². The van der Waals surface area contributed by atoms with Crippen LogP contribution in [0.1, 0.15) is 6.42 Å². The maximum atomic E-state index is 5.75. The number of hydrogen-bond acceptors (Lipinski definition) is 3. The zero-order chi connectivity index (χ0) is 9.68. The predicted molar refractivity (Wildman–Crippen MR) is 56.7 cm³/mol. The lowest BCUT2D eigenvalue weighted by Gasteiger charge is -2.28. The fraction of sp³-hybridized carbons (Fsp3) is 0.800. The highest BCUT2D eigenvalue weighted by molar-refractivity contribution is 4.84. The molecule has 1 aliphatic rings. The molecular weight excluding hydrogens is 162 g/mol. The zero-order valence-corrected chi connectivity index (χ0v) is 8.58. The van der Waals surface area contributed by atoms with E-state index in [4.69, 9.17) is 5.73 Å². The first-order chi connectivity index (χ1) is 6.27. The topological polar surface area (TPSA) is 32.5 Å². The van der Waals surface area contributed by atoms with Gasteiger partial charge in [0.15, 0.2) is 0 Å². The Labute approximate surface area is 81.2 Å². The SMILES string of the molecule is C=CCN1CCCN(C)CC1CN.